The maximum atomic E-state index is 11.6. The van der Waals surface area contributed by atoms with Gasteiger partial charge in [0.2, 0.25) is 15.9 Å². The Morgan fingerprint density at radius 2 is 1.89 bits per heavy atom. The minimum Gasteiger partial charge on any atom is -0.478 e. The van der Waals surface area contributed by atoms with Crippen LogP contribution in [0.3, 0.4) is 0 Å². The third-order valence-corrected chi connectivity index (χ3v) is 4.82. The van der Waals surface area contributed by atoms with E-state index in [4.69, 9.17) is 5.11 Å². The number of sulfonamides is 1. The van der Waals surface area contributed by atoms with Crippen molar-refractivity contribution in [3.05, 3.63) is 12.2 Å². The number of hydrogen-bond donors (Lipinski definition) is 2. The van der Waals surface area contributed by atoms with E-state index in [2.05, 4.69) is 5.32 Å². The zero-order valence-corrected chi connectivity index (χ0v) is 11.5. The fraction of sp³-hybridized carbons (Fsp3) is 0.636. The third kappa shape index (κ3) is 4.99. The molecule has 0 atom stereocenters. The molecule has 0 radical (unpaired) electrons. The standard InChI is InChI=1S/C11H18N2O5S/c1-2-19(17,18)13-7-5-9(6-8-13)12-10(14)3-4-11(15)16/h3-4,9H,2,5-8H2,1H3,(H,12,14)(H,15,16)/b4-3+. The van der Waals surface area contributed by atoms with E-state index in [0.717, 1.165) is 12.2 Å². The minimum absolute atomic E-state index is 0.0748. The number of carboxylic acid groups (broad SMARTS) is 1. The molecule has 1 saturated heterocycles. The Morgan fingerprint density at radius 3 is 2.37 bits per heavy atom. The lowest BCUT2D eigenvalue weighted by Gasteiger charge is -2.31. The molecule has 1 fully saturated rings. The average Bonchev–Trinajstić information content (AvgIpc) is 2.37. The second-order valence-corrected chi connectivity index (χ2v) is 6.51. The number of nitrogens with zero attached hydrogens (tertiary/aromatic N) is 1. The number of carboxylic acids is 1. The highest BCUT2D eigenvalue weighted by Gasteiger charge is 2.26. The summed E-state index contributed by atoms with van der Waals surface area (Å²) >= 11 is 0. The molecule has 7 nitrogen and oxygen atoms in total. The van der Waals surface area contributed by atoms with Gasteiger partial charge in [-0.15, -0.1) is 0 Å². The topological polar surface area (TPSA) is 104 Å². The van der Waals surface area contributed by atoms with E-state index in [9.17, 15) is 18.0 Å². The summed E-state index contributed by atoms with van der Waals surface area (Å²) in [7, 11) is -3.17. The molecule has 0 aromatic carbocycles. The zero-order valence-electron chi connectivity index (χ0n) is 10.7. The van der Waals surface area contributed by atoms with Gasteiger partial charge in [-0.1, -0.05) is 0 Å². The molecule has 1 rings (SSSR count). The molecule has 1 aliphatic rings. The maximum absolute atomic E-state index is 11.6. The van der Waals surface area contributed by atoms with E-state index in [1.165, 1.54) is 4.31 Å². The summed E-state index contributed by atoms with van der Waals surface area (Å²) in [4.78, 5) is 21.6. The number of hydrogen-bond acceptors (Lipinski definition) is 4. The van der Waals surface area contributed by atoms with E-state index >= 15 is 0 Å². The fourth-order valence-electron chi connectivity index (χ4n) is 1.86. The van der Waals surface area contributed by atoms with Crippen LogP contribution in [0.15, 0.2) is 12.2 Å². The summed E-state index contributed by atoms with van der Waals surface area (Å²) in [6, 6.07) is -0.116. The van der Waals surface area contributed by atoms with Gasteiger partial charge in [0.1, 0.15) is 0 Å². The van der Waals surface area contributed by atoms with Crippen LogP contribution < -0.4 is 5.32 Å². The molecular weight excluding hydrogens is 272 g/mol. The Hall–Kier alpha value is -1.41. The molecule has 0 aliphatic carbocycles. The average molecular weight is 290 g/mol. The summed E-state index contributed by atoms with van der Waals surface area (Å²) < 4.78 is 24.7. The van der Waals surface area contributed by atoms with Crippen molar-refractivity contribution in [2.45, 2.75) is 25.8 Å². The lowest BCUT2D eigenvalue weighted by Crippen LogP contribution is -2.46. The van der Waals surface area contributed by atoms with Crippen molar-refractivity contribution < 1.29 is 23.1 Å². The third-order valence-electron chi connectivity index (χ3n) is 2.94. The molecule has 108 valence electrons. The van der Waals surface area contributed by atoms with Gasteiger partial charge in [-0.05, 0) is 19.8 Å². The minimum atomic E-state index is -3.17. The summed E-state index contributed by atoms with van der Waals surface area (Å²) in [6.45, 7) is 2.35. The first-order valence-corrected chi connectivity index (χ1v) is 7.65. The molecule has 0 unspecified atom stereocenters. The number of aliphatic carboxylic acids is 1. The number of amides is 1. The molecular formula is C11H18N2O5S. The zero-order chi connectivity index (χ0) is 14.5. The molecule has 0 saturated carbocycles. The van der Waals surface area contributed by atoms with E-state index in [1.807, 2.05) is 0 Å². The molecule has 19 heavy (non-hydrogen) atoms. The van der Waals surface area contributed by atoms with Crippen molar-refractivity contribution in [3.8, 4) is 0 Å². The molecule has 1 heterocycles. The van der Waals surface area contributed by atoms with Gasteiger partial charge < -0.3 is 10.4 Å². The first-order chi connectivity index (χ1) is 8.85. The Labute approximate surface area is 112 Å². The summed E-state index contributed by atoms with van der Waals surface area (Å²) in [5, 5.41) is 11.0. The first-order valence-electron chi connectivity index (χ1n) is 6.04. The number of nitrogens with one attached hydrogen (secondary N) is 1. The van der Waals surface area contributed by atoms with Gasteiger partial charge in [0.15, 0.2) is 0 Å². The molecule has 0 spiro atoms. The predicted octanol–water partition coefficient (Wildman–Crippen LogP) is -0.442. The van der Waals surface area contributed by atoms with Crippen molar-refractivity contribution in [2.24, 2.45) is 0 Å². The number of piperidine rings is 1. The van der Waals surface area contributed by atoms with Crippen LogP contribution >= 0.6 is 0 Å². The summed E-state index contributed by atoms with van der Waals surface area (Å²) in [6.07, 6.45) is 2.79. The van der Waals surface area contributed by atoms with Gasteiger partial charge in [-0.25, -0.2) is 17.5 Å². The highest BCUT2D eigenvalue weighted by Crippen LogP contribution is 2.14. The molecule has 0 aromatic rings. The van der Waals surface area contributed by atoms with Crippen molar-refractivity contribution in [3.63, 3.8) is 0 Å². The van der Waals surface area contributed by atoms with E-state index in [0.29, 0.717) is 25.9 Å². The first kappa shape index (κ1) is 15.6. The van der Waals surface area contributed by atoms with Gasteiger partial charge in [-0.3, -0.25) is 4.79 Å². The summed E-state index contributed by atoms with van der Waals surface area (Å²) in [5.41, 5.74) is 0. The van der Waals surface area contributed by atoms with E-state index in [-0.39, 0.29) is 11.8 Å². The highest BCUT2D eigenvalue weighted by atomic mass is 32.2. The van der Waals surface area contributed by atoms with Gasteiger partial charge in [0.05, 0.1) is 5.75 Å². The van der Waals surface area contributed by atoms with Crippen LogP contribution in [0.5, 0.6) is 0 Å². The van der Waals surface area contributed by atoms with Crippen LogP contribution in [0.1, 0.15) is 19.8 Å². The molecule has 8 heteroatoms. The van der Waals surface area contributed by atoms with Crippen LogP contribution in [-0.2, 0) is 19.6 Å². The van der Waals surface area contributed by atoms with Crippen LogP contribution in [-0.4, -0.2) is 54.6 Å². The molecule has 2 N–H and O–H groups in total. The molecule has 1 aliphatic heterocycles. The van der Waals surface area contributed by atoms with Crippen molar-refractivity contribution in [1.29, 1.82) is 0 Å². The SMILES string of the molecule is CCS(=O)(=O)N1CCC(NC(=O)/C=C/C(=O)O)CC1. The second-order valence-electron chi connectivity index (χ2n) is 4.25. The Kier molecular flexibility index (Phi) is 5.49. The van der Waals surface area contributed by atoms with Crippen LogP contribution in [0, 0.1) is 0 Å². The van der Waals surface area contributed by atoms with E-state index in [1.54, 1.807) is 6.92 Å². The number of carbonyl (C=O) groups is 2. The molecule has 1 amide bonds. The second kappa shape index (κ2) is 6.67. The van der Waals surface area contributed by atoms with Crippen molar-refractivity contribution in [1.82, 2.24) is 9.62 Å². The Morgan fingerprint density at radius 1 is 1.32 bits per heavy atom. The smallest absolute Gasteiger partial charge is 0.328 e. The Balaban J connectivity index is 2.43. The maximum Gasteiger partial charge on any atom is 0.328 e. The highest BCUT2D eigenvalue weighted by molar-refractivity contribution is 7.89. The largest absolute Gasteiger partial charge is 0.478 e. The van der Waals surface area contributed by atoms with Gasteiger partial charge in [-0.2, -0.15) is 0 Å². The van der Waals surface area contributed by atoms with Crippen LogP contribution in [0.4, 0.5) is 0 Å². The van der Waals surface area contributed by atoms with Crippen LogP contribution in [0.2, 0.25) is 0 Å². The van der Waals surface area contributed by atoms with Gasteiger partial charge in [0.25, 0.3) is 0 Å². The molecule has 0 bridgehead atoms. The Bertz CT molecular complexity index is 463. The lowest BCUT2D eigenvalue weighted by molar-refractivity contribution is -0.131. The van der Waals surface area contributed by atoms with Crippen LogP contribution in [0.25, 0.3) is 0 Å². The fourth-order valence-corrected chi connectivity index (χ4v) is 2.99. The molecule has 0 aromatic heterocycles. The monoisotopic (exact) mass is 290 g/mol. The lowest BCUT2D eigenvalue weighted by atomic mass is 10.1. The van der Waals surface area contributed by atoms with Gasteiger partial charge >= 0.3 is 5.97 Å². The number of carbonyl (C=O) groups excluding carboxylic acids is 1. The quantitative estimate of drug-likeness (QED) is 0.668. The predicted molar refractivity (Wildman–Crippen MR) is 69.0 cm³/mol. The van der Waals surface area contributed by atoms with E-state index < -0.39 is 21.9 Å². The summed E-state index contributed by atoms with van der Waals surface area (Å²) in [5.74, 6) is -1.58. The normalized spacial score (nSPS) is 18.6. The van der Waals surface area contributed by atoms with Gasteiger partial charge in [0, 0.05) is 31.3 Å². The van der Waals surface area contributed by atoms with Crippen molar-refractivity contribution in [2.75, 3.05) is 18.8 Å². The van der Waals surface area contributed by atoms with Crippen molar-refractivity contribution >= 4 is 21.9 Å². The number of rotatable bonds is 5.